The lowest BCUT2D eigenvalue weighted by atomic mass is 9.76. The van der Waals surface area contributed by atoms with Crippen LogP contribution in [0, 0.1) is 11.3 Å². The molecule has 0 amide bonds. The molecule has 1 saturated heterocycles. The Labute approximate surface area is 97.5 Å². The van der Waals surface area contributed by atoms with E-state index in [4.69, 9.17) is 10.5 Å². The fourth-order valence-corrected chi connectivity index (χ4v) is 3.50. The average Bonchev–Trinajstić information content (AvgIpc) is 2.95. The minimum absolute atomic E-state index is 0.0791. The molecule has 2 unspecified atom stereocenters. The van der Waals surface area contributed by atoms with Gasteiger partial charge in [0, 0.05) is 24.8 Å². The van der Waals surface area contributed by atoms with Crippen LogP contribution in [0.25, 0.3) is 0 Å². The van der Waals surface area contributed by atoms with E-state index in [1.54, 1.807) is 0 Å². The second-order valence-corrected chi connectivity index (χ2v) is 7.58. The highest BCUT2D eigenvalue weighted by Crippen LogP contribution is 2.49. The summed E-state index contributed by atoms with van der Waals surface area (Å²) in [5, 5.41) is 0. The highest BCUT2D eigenvalue weighted by Gasteiger charge is 2.50. The SMILES string of the molecule is CS(=O)(=O)CCC1(CN)CCOC1C1CC1. The minimum Gasteiger partial charge on any atom is -0.377 e. The van der Waals surface area contributed by atoms with Crippen LogP contribution >= 0.6 is 0 Å². The number of nitrogens with two attached hydrogens (primary N) is 1. The van der Waals surface area contributed by atoms with Crippen LogP contribution in [-0.2, 0) is 14.6 Å². The van der Waals surface area contributed by atoms with Crippen LogP contribution in [0.1, 0.15) is 25.7 Å². The molecule has 1 aliphatic heterocycles. The van der Waals surface area contributed by atoms with Crippen molar-refractivity contribution >= 4 is 9.84 Å². The first-order valence-corrected chi connectivity index (χ1v) is 8.02. The molecule has 0 aromatic carbocycles. The van der Waals surface area contributed by atoms with Gasteiger partial charge in [0.15, 0.2) is 0 Å². The lowest BCUT2D eigenvalue weighted by Crippen LogP contribution is -2.41. The van der Waals surface area contributed by atoms with Gasteiger partial charge in [-0.2, -0.15) is 0 Å². The Morgan fingerprint density at radius 2 is 2.12 bits per heavy atom. The van der Waals surface area contributed by atoms with Crippen molar-refractivity contribution in [2.75, 3.05) is 25.2 Å². The van der Waals surface area contributed by atoms with Crippen LogP contribution < -0.4 is 5.73 Å². The van der Waals surface area contributed by atoms with E-state index in [0.717, 1.165) is 13.0 Å². The maximum atomic E-state index is 11.3. The largest absolute Gasteiger partial charge is 0.377 e. The molecule has 2 atom stereocenters. The first-order valence-electron chi connectivity index (χ1n) is 5.96. The Morgan fingerprint density at radius 1 is 1.44 bits per heavy atom. The second-order valence-electron chi connectivity index (χ2n) is 5.33. The number of rotatable bonds is 5. The summed E-state index contributed by atoms with van der Waals surface area (Å²) in [6.45, 7) is 1.28. The van der Waals surface area contributed by atoms with Gasteiger partial charge in [0.2, 0.25) is 0 Å². The Bertz CT molecular complexity index is 350. The lowest BCUT2D eigenvalue weighted by Gasteiger charge is -2.32. The van der Waals surface area contributed by atoms with Crippen molar-refractivity contribution in [3.05, 3.63) is 0 Å². The Morgan fingerprint density at radius 3 is 2.62 bits per heavy atom. The van der Waals surface area contributed by atoms with Crippen LogP contribution in [-0.4, -0.2) is 39.7 Å². The zero-order chi connectivity index (χ0) is 11.8. The number of ether oxygens (including phenoxy) is 1. The summed E-state index contributed by atoms with van der Waals surface area (Å²) < 4.78 is 28.3. The summed E-state index contributed by atoms with van der Waals surface area (Å²) >= 11 is 0. The highest BCUT2D eigenvalue weighted by molar-refractivity contribution is 7.90. The molecule has 4 nitrogen and oxygen atoms in total. The summed E-state index contributed by atoms with van der Waals surface area (Å²) in [6.07, 6.45) is 5.50. The molecule has 5 heteroatoms. The molecule has 2 rings (SSSR count). The molecule has 0 bridgehead atoms. The van der Waals surface area contributed by atoms with Gasteiger partial charge in [-0.15, -0.1) is 0 Å². The quantitative estimate of drug-likeness (QED) is 0.771. The molecule has 2 N–H and O–H groups in total. The topological polar surface area (TPSA) is 69.4 Å². The molecule has 0 aromatic heterocycles. The van der Waals surface area contributed by atoms with Crippen LogP contribution in [0.3, 0.4) is 0 Å². The van der Waals surface area contributed by atoms with Crippen molar-refractivity contribution in [2.45, 2.75) is 31.8 Å². The van der Waals surface area contributed by atoms with Gasteiger partial charge in [-0.25, -0.2) is 8.42 Å². The third kappa shape index (κ3) is 2.57. The first-order chi connectivity index (χ1) is 7.47. The fraction of sp³-hybridized carbons (Fsp3) is 1.00. The molecule has 0 spiro atoms. The molecule has 2 fully saturated rings. The Kier molecular flexibility index (Phi) is 3.29. The second kappa shape index (κ2) is 4.27. The molecule has 0 aromatic rings. The van der Waals surface area contributed by atoms with Crippen LogP contribution in [0.2, 0.25) is 0 Å². The molecule has 1 heterocycles. The number of hydrogen-bond acceptors (Lipinski definition) is 4. The smallest absolute Gasteiger partial charge is 0.147 e. The molecule has 94 valence electrons. The van der Waals surface area contributed by atoms with Gasteiger partial charge in [0.25, 0.3) is 0 Å². The van der Waals surface area contributed by atoms with Crippen molar-refractivity contribution < 1.29 is 13.2 Å². The summed E-state index contributed by atoms with van der Waals surface area (Å²) in [5.41, 5.74) is 5.80. The van der Waals surface area contributed by atoms with E-state index in [9.17, 15) is 8.42 Å². The van der Waals surface area contributed by atoms with Crippen molar-refractivity contribution in [1.29, 1.82) is 0 Å². The molecule has 0 radical (unpaired) electrons. The van der Waals surface area contributed by atoms with E-state index in [1.807, 2.05) is 0 Å². The summed E-state index contributed by atoms with van der Waals surface area (Å²) in [4.78, 5) is 0. The van der Waals surface area contributed by atoms with E-state index in [1.165, 1.54) is 19.1 Å². The van der Waals surface area contributed by atoms with Crippen molar-refractivity contribution in [1.82, 2.24) is 0 Å². The standard InChI is InChI=1S/C11H21NO3S/c1-16(13,14)7-5-11(8-12)4-6-15-10(11)9-2-3-9/h9-10H,2-8,12H2,1H3. The number of hydrogen-bond donors (Lipinski definition) is 1. The molecular formula is C11H21NO3S. The van der Waals surface area contributed by atoms with Crippen molar-refractivity contribution in [2.24, 2.45) is 17.1 Å². The lowest BCUT2D eigenvalue weighted by molar-refractivity contribution is 0.0331. The van der Waals surface area contributed by atoms with E-state index in [0.29, 0.717) is 18.9 Å². The van der Waals surface area contributed by atoms with Gasteiger partial charge in [0.05, 0.1) is 11.9 Å². The summed E-state index contributed by atoms with van der Waals surface area (Å²) in [6, 6.07) is 0. The van der Waals surface area contributed by atoms with Crippen LogP contribution in [0.4, 0.5) is 0 Å². The normalized spacial score (nSPS) is 35.5. The molecule has 1 saturated carbocycles. The third-order valence-electron chi connectivity index (χ3n) is 3.93. The maximum absolute atomic E-state index is 11.3. The van der Waals surface area contributed by atoms with Crippen molar-refractivity contribution in [3.63, 3.8) is 0 Å². The molecular weight excluding hydrogens is 226 g/mol. The molecule has 16 heavy (non-hydrogen) atoms. The van der Waals surface area contributed by atoms with Crippen molar-refractivity contribution in [3.8, 4) is 0 Å². The molecule has 2 aliphatic rings. The van der Waals surface area contributed by atoms with E-state index in [-0.39, 0.29) is 17.3 Å². The molecule has 1 aliphatic carbocycles. The highest BCUT2D eigenvalue weighted by atomic mass is 32.2. The number of sulfone groups is 1. The van der Waals surface area contributed by atoms with Gasteiger partial charge in [0.1, 0.15) is 9.84 Å². The predicted molar refractivity (Wildman–Crippen MR) is 62.9 cm³/mol. The van der Waals surface area contributed by atoms with Gasteiger partial charge in [-0.05, 0) is 31.6 Å². The zero-order valence-corrected chi connectivity index (χ0v) is 10.6. The van der Waals surface area contributed by atoms with Gasteiger partial charge in [-0.3, -0.25) is 0 Å². The van der Waals surface area contributed by atoms with Gasteiger partial charge in [-0.1, -0.05) is 0 Å². The third-order valence-corrected chi connectivity index (χ3v) is 4.87. The monoisotopic (exact) mass is 247 g/mol. The van der Waals surface area contributed by atoms with E-state index < -0.39 is 9.84 Å². The van der Waals surface area contributed by atoms with Crippen LogP contribution in [0.5, 0.6) is 0 Å². The minimum atomic E-state index is -2.90. The fourth-order valence-electron chi connectivity index (χ4n) is 2.72. The first kappa shape index (κ1) is 12.3. The summed E-state index contributed by atoms with van der Waals surface area (Å²) in [5.74, 6) is 0.863. The summed E-state index contributed by atoms with van der Waals surface area (Å²) in [7, 11) is -2.90. The Hall–Kier alpha value is -0.130. The van der Waals surface area contributed by atoms with Gasteiger partial charge < -0.3 is 10.5 Å². The van der Waals surface area contributed by atoms with E-state index in [2.05, 4.69) is 0 Å². The maximum Gasteiger partial charge on any atom is 0.147 e. The van der Waals surface area contributed by atoms with Crippen LogP contribution in [0.15, 0.2) is 0 Å². The predicted octanol–water partition coefficient (Wildman–Crippen LogP) is 0.565. The van der Waals surface area contributed by atoms with Gasteiger partial charge >= 0.3 is 0 Å². The average molecular weight is 247 g/mol. The Balaban J connectivity index is 2.05. The van der Waals surface area contributed by atoms with E-state index >= 15 is 0 Å². The zero-order valence-electron chi connectivity index (χ0n) is 9.81.